The summed E-state index contributed by atoms with van der Waals surface area (Å²) < 4.78 is 1.17. The molecular formula is C11H12BrN3S. The monoisotopic (exact) mass is 297 g/mol. The standard InChI is InChI=1S/C11H12BrN3S/c1-8-14-4-2-9(15-8)6-13-7-11-10(12)3-5-16-11/h2-5,13H,6-7H2,1H3. The number of nitrogens with zero attached hydrogens (tertiary/aromatic N) is 2. The van der Waals surface area contributed by atoms with Crippen LogP contribution in [0.25, 0.3) is 0 Å². The first-order valence-electron chi connectivity index (χ1n) is 4.97. The van der Waals surface area contributed by atoms with Gasteiger partial charge in [0.1, 0.15) is 5.82 Å². The van der Waals surface area contributed by atoms with Crippen LogP contribution in [0.15, 0.2) is 28.2 Å². The van der Waals surface area contributed by atoms with Crippen molar-refractivity contribution in [2.24, 2.45) is 0 Å². The van der Waals surface area contributed by atoms with E-state index in [-0.39, 0.29) is 0 Å². The number of aromatic nitrogens is 2. The highest BCUT2D eigenvalue weighted by atomic mass is 79.9. The second kappa shape index (κ2) is 5.52. The highest BCUT2D eigenvalue weighted by Crippen LogP contribution is 2.22. The average Bonchev–Trinajstić information content (AvgIpc) is 2.65. The van der Waals surface area contributed by atoms with Crippen LogP contribution in [-0.4, -0.2) is 9.97 Å². The van der Waals surface area contributed by atoms with Crippen molar-refractivity contribution in [3.63, 3.8) is 0 Å². The van der Waals surface area contributed by atoms with E-state index in [2.05, 4.69) is 42.7 Å². The van der Waals surface area contributed by atoms with Crippen LogP contribution in [0.2, 0.25) is 0 Å². The van der Waals surface area contributed by atoms with Gasteiger partial charge < -0.3 is 5.32 Å². The van der Waals surface area contributed by atoms with Gasteiger partial charge in [0.2, 0.25) is 0 Å². The number of thiophene rings is 1. The maximum Gasteiger partial charge on any atom is 0.125 e. The minimum Gasteiger partial charge on any atom is -0.306 e. The summed E-state index contributed by atoms with van der Waals surface area (Å²) in [6.07, 6.45) is 1.79. The fourth-order valence-corrected chi connectivity index (χ4v) is 2.82. The number of halogens is 1. The van der Waals surface area contributed by atoms with Gasteiger partial charge in [0.25, 0.3) is 0 Å². The maximum atomic E-state index is 4.33. The largest absolute Gasteiger partial charge is 0.306 e. The third-order valence-corrected chi connectivity index (χ3v) is 4.04. The summed E-state index contributed by atoms with van der Waals surface area (Å²) in [4.78, 5) is 9.71. The lowest BCUT2D eigenvalue weighted by atomic mass is 10.4. The number of hydrogen-bond acceptors (Lipinski definition) is 4. The topological polar surface area (TPSA) is 37.8 Å². The van der Waals surface area contributed by atoms with Gasteiger partial charge in [-0.1, -0.05) is 0 Å². The molecule has 16 heavy (non-hydrogen) atoms. The third-order valence-electron chi connectivity index (χ3n) is 2.12. The fraction of sp³-hybridized carbons (Fsp3) is 0.273. The van der Waals surface area contributed by atoms with Crippen molar-refractivity contribution in [3.05, 3.63) is 44.6 Å². The van der Waals surface area contributed by atoms with E-state index in [1.807, 2.05) is 13.0 Å². The molecule has 0 unspecified atom stereocenters. The molecule has 0 spiro atoms. The van der Waals surface area contributed by atoms with Crippen molar-refractivity contribution >= 4 is 27.3 Å². The van der Waals surface area contributed by atoms with Crippen molar-refractivity contribution in [2.45, 2.75) is 20.0 Å². The van der Waals surface area contributed by atoms with Crippen molar-refractivity contribution in [1.82, 2.24) is 15.3 Å². The first-order valence-corrected chi connectivity index (χ1v) is 6.64. The second-order valence-electron chi connectivity index (χ2n) is 3.39. The van der Waals surface area contributed by atoms with E-state index in [1.165, 1.54) is 9.35 Å². The highest BCUT2D eigenvalue weighted by Gasteiger charge is 2.01. The Bertz CT molecular complexity index is 470. The van der Waals surface area contributed by atoms with Crippen molar-refractivity contribution in [3.8, 4) is 0 Å². The number of hydrogen-bond donors (Lipinski definition) is 1. The zero-order valence-corrected chi connectivity index (χ0v) is 11.3. The predicted molar refractivity (Wildman–Crippen MR) is 69.3 cm³/mol. The molecule has 0 aromatic carbocycles. The van der Waals surface area contributed by atoms with Crippen LogP contribution in [0.5, 0.6) is 0 Å². The zero-order chi connectivity index (χ0) is 11.4. The van der Waals surface area contributed by atoms with Gasteiger partial charge in [-0.2, -0.15) is 0 Å². The molecule has 2 aromatic heterocycles. The molecule has 0 radical (unpaired) electrons. The maximum absolute atomic E-state index is 4.33. The van der Waals surface area contributed by atoms with E-state index < -0.39 is 0 Å². The summed E-state index contributed by atoms with van der Waals surface area (Å²) in [7, 11) is 0. The van der Waals surface area contributed by atoms with Crippen LogP contribution >= 0.6 is 27.3 Å². The lowest BCUT2D eigenvalue weighted by molar-refractivity contribution is 0.680. The summed E-state index contributed by atoms with van der Waals surface area (Å²) in [5.74, 6) is 0.816. The molecule has 0 aliphatic carbocycles. The molecule has 1 N–H and O–H groups in total. The first kappa shape index (κ1) is 11.7. The SMILES string of the molecule is Cc1nccc(CNCc2sccc2Br)n1. The van der Waals surface area contributed by atoms with Gasteiger partial charge in [-0.15, -0.1) is 11.3 Å². The Kier molecular flexibility index (Phi) is 4.04. The molecule has 2 aromatic rings. The smallest absolute Gasteiger partial charge is 0.125 e. The molecule has 0 aliphatic rings. The molecule has 5 heteroatoms. The van der Waals surface area contributed by atoms with Gasteiger partial charge in [-0.25, -0.2) is 9.97 Å². The molecule has 0 saturated carbocycles. The number of nitrogens with one attached hydrogen (secondary N) is 1. The third kappa shape index (κ3) is 3.10. The number of rotatable bonds is 4. The summed E-state index contributed by atoms with van der Waals surface area (Å²) in [5, 5.41) is 5.44. The summed E-state index contributed by atoms with van der Waals surface area (Å²) >= 11 is 5.25. The lowest BCUT2D eigenvalue weighted by Crippen LogP contribution is -2.13. The predicted octanol–water partition coefficient (Wildman–Crippen LogP) is 2.90. The molecule has 2 heterocycles. The molecule has 0 amide bonds. The quantitative estimate of drug-likeness (QED) is 0.943. The minimum atomic E-state index is 0.772. The van der Waals surface area contributed by atoms with Crippen LogP contribution in [0.3, 0.4) is 0 Å². The van der Waals surface area contributed by atoms with E-state index in [0.29, 0.717) is 0 Å². The molecule has 84 valence electrons. The van der Waals surface area contributed by atoms with E-state index in [0.717, 1.165) is 24.6 Å². The normalized spacial score (nSPS) is 10.6. The molecule has 0 saturated heterocycles. The molecular weight excluding hydrogens is 286 g/mol. The van der Waals surface area contributed by atoms with Crippen LogP contribution in [0, 0.1) is 6.92 Å². The van der Waals surface area contributed by atoms with Gasteiger partial charge >= 0.3 is 0 Å². The van der Waals surface area contributed by atoms with Gasteiger partial charge in [0, 0.05) is 28.6 Å². The first-order chi connectivity index (χ1) is 7.75. The Morgan fingerprint density at radius 1 is 1.38 bits per heavy atom. The van der Waals surface area contributed by atoms with E-state index in [1.54, 1.807) is 17.5 Å². The van der Waals surface area contributed by atoms with E-state index in [4.69, 9.17) is 0 Å². The molecule has 2 rings (SSSR count). The fourth-order valence-electron chi connectivity index (χ4n) is 1.36. The van der Waals surface area contributed by atoms with Gasteiger partial charge in [-0.05, 0) is 40.4 Å². The van der Waals surface area contributed by atoms with Crippen molar-refractivity contribution in [1.29, 1.82) is 0 Å². The zero-order valence-electron chi connectivity index (χ0n) is 8.90. The van der Waals surface area contributed by atoms with E-state index >= 15 is 0 Å². The minimum absolute atomic E-state index is 0.772. The Hall–Kier alpha value is -0.780. The Labute approximate surface area is 107 Å². The van der Waals surface area contributed by atoms with Gasteiger partial charge in [-0.3, -0.25) is 0 Å². The summed E-state index contributed by atoms with van der Waals surface area (Å²) in [6.45, 7) is 3.54. The Balaban J connectivity index is 1.87. The highest BCUT2D eigenvalue weighted by molar-refractivity contribution is 9.10. The molecule has 0 aliphatic heterocycles. The van der Waals surface area contributed by atoms with Gasteiger partial charge in [0.15, 0.2) is 0 Å². The second-order valence-corrected chi connectivity index (χ2v) is 5.25. The summed E-state index contributed by atoms with van der Waals surface area (Å²) in [6, 6.07) is 4.00. The molecule has 0 fully saturated rings. The van der Waals surface area contributed by atoms with Gasteiger partial charge in [0.05, 0.1) is 5.69 Å². The van der Waals surface area contributed by atoms with Crippen LogP contribution in [-0.2, 0) is 13.1 Å². The van der Waals surface area contributed by atoms with Crippen LogP contribution in [0.1, 0.15) is 16.4 Å². The molecule has 0 atom stereocenters. The van der Waals surface area contributed by atoms with Crippen LogP contribution in [0.4, 0.5) is 0 Å². The van der Waals surface area contributed by atoms with E-state index in [9.17, 15) is 0 Å². The Morgan fingerprint density at radius 3 is 2.94 bits per heavy atom. The lowest BCUT2D eigenvalue weighted by Gasteiger charge is -2.03. The summed E-state index contributed by atoms with van der Waals surface area (Å²) in [5.41, 5.74) is 1.03. The van der Waals surface area contributed by atoms with Crippen LogP contribution < -0.4 is 5.32 Å². The Morgan fingerprint density at radius 2 is 2.25 bits per heavy atom. The number of aryl methyl sites for hydroxylation is 1. The van der Waals surface area contributed by atoms with Crippen molar-refractivity contribution in [2.75, 3.05) is 0 Å². The average molecular weight is 298 g/mol. The molecule has 3 nitrogen and oxygen atoms in total. The molecule has 0 bridgehead atoms. The van der Waals surface area contributed by atoms with Crippen molar-refractivity contribution < 1.29 is 0 Å².